The van der Waals surface area contributed by atoms with E-state index in [1.165, 1.54) is 12.1 Å². The molecular weight excluding hydrogens is 191 g/mol. The Bertz CT molecular complexity index is 288. The van der Waals surface area contributed by atoms with Crippen LogP contribution in [-0.2, 0) is 6.42 Å². The molecule has 1 nitrogen and oxygen atoms in total. The van der Waals surface area contributed by atoms with Crippen molar-refractivity contribution in [1.29, 1.82) is 0 Å². The predicted octanol–water partition coefficient (Wildman–Crippen LogP) is 2.79. The number of halogens is 2. The molecule has 13 heavy (non-hydrogen) atoms. The van der Waals surface area contributed by atoms with E-state index < -0.39 is 6.10 Å². The first kappa shape index (κ1) is 10.5. The highest BCUT2D eigenvalue weighted by Crippen LogP contribution is 2.19. The molecule has 0 unspecified atom stereocenters. The fourth-order valence-corrected chi connectivity index (χ4v) is 1.33. The molecule has 0 saturated heterocycles. The topological polar surface area (TPSA) is 20.2 Å². The van der Waals surface area contributed by atoms with E-state index in [0.29, 0.717) is 17.9 Å². The van der Waals surface area contributed by atoms with Crippen molar-refractivity contribution in [2.75, 3.05) is 0 Å². The number of rotatable bonds is 3. The molecule has 0 aromatic heterocycles. The lowest BCUT2D eigenvalue weighted by molar-refractivity contribution is 0.171. The fraction of sp³-hybridized carbons (Fsp3) is 0.400. The third-order valence-electron chi connectivity index (χ3n) is 1.94. The number of aliphatic hydroxyl groups excluding tert-OH is 1. The lowest BCUT2D eigenvalue weighted by Gasteiger charge is -2.08. The van der Waals surface area contributed by atoms with E-state index in [1.807, 2.05) is 6.92 Å². The van der Waals surface area contributed by atoms with Gasteiger partial charge in [0.05, 0.1) is 6.10 Å². The average molecular weight is 203 g/mol. The molecule has 72 valence electrons. The van der Waals surface area contributed by atoms with Crippen molar-refractivity contribution in [2.24, 2.45) is 0 Å². The van der Waals surface area contributed by atoms with Gasteiger partial charge in [-0.2, -0.15) is 0 Å². The molecule has 3 heteroatoms. The van der Waals surface area contributed by atoms with Crippen LogP contribution in [0.3, 0.4) is 0 Å². The second kappa shape index (κ2) is 4.58. The van der Waals surface area contributed by atoms with Gasteiger partial charge in [-0.25, -0.2) is 4.39 Å². The molecule has 1 atom stereocenters. The molecule has 0 amide bonds. The smallest absolute Gasteiger partial charge is 0.124 e. The van der Waals surface area contributed by atoms with Crippen LogP contribution in [0.5, 0.6) is 0 Å². The van der Waals surface area contributed by atoms with E-state index >= 15 is 0 Å². The molecule has 0 aliphatic rings. The SMILES string of the molecule is CC[C@@H](O)Cc1ccc(F)cc1Cl. The molecule has 0 bridgehead atoms. The minimum absolute atomic E-state index is 0.347. The maximum absolute atomic E-state index is 12.6. The van der Waals surface area contributed by atoms with Crippen molar-refractivity contribution >= 4 is 11.6 Å². The third-order valence-corrected chi connectivity index (χ3v) is 2.29. The van der Waals surface area contributed by atoms with Crippen molar-refractivity contribution in [1.82, 2.24) is 0 Å². The molecule has 1 aromatic rings. The van der Waals surface area contributed by atoms with E-state index in [9.17, 15) is 9.50 Å². The van der Waals surface area contributed by atoms with Crippen LogP contribution in [0.2, 0.25) is 5.02 Å². The highest BCUT2D eigenvalue weighted by Gasteiger charge is 2.06. The largest absolute Gasteiger partial charge is 0.393 e. The van der Waals surface area contributed by atoms with Gasteiger partial charge in [0.25, 0.3) is 0 Å². The molecular formula is C10H12ClFO. The number of benzene rings is 1. The average Bonchev–Trinajstić information content (AvgIpc) is 2.09. The Morgan fingerprint density at radius 1 is 1.54 bits per heavy atom. The van der Waals surface area contributed by atoms with Crippen LogP contribution < -0.4 is 0 Å². The summed E-state index contributed by atoms with van der Waals surface area (Å²) in [4.78, 5) is 0. The monoisotopic (exact) mass is 202 g/mol. The quantitative estimate of drug-likeness (QED) is 0.799. The summed E-state index contributed by atoms with van der Waals surface area (Å²) < 4.78 is 12.6. The van der Waals surface area contributed by atoms with Crippen molar-refractivity contribution < 1.29 is 9.50 Å². The lowest BCUT2D eigenvalue weighted by Crippen LogP contribution is -2.08. The molecule has 0 aliphatic carbocycles. The predicted molar refractivity (Wildman–Crippen MR) is 51.4 cm³/mol. The Morgan fingerprint density at radius 3 is 2.77 bits per heavy atom. The van der Waals surface area contributed by atoms with Gasteiger partial charge in [0, 0.05) is 5.02 Å². The van der Waals surface area contributed by atoms with Crippen molar-refractivity contribution in [3.05, 3.63) is 34.6 Å². The highest BCUT2D eigenvalue weighted by molar-refractivity contribution is 6.31. The number of hydrogen-bond acceptors (Lipinski definition) is 1. The summed E-state index contributed by atoms with van der Waals surface area (Å²) in [6, 6.07) is 4.22. The zero-order valence-corrected chi connectivity index (χ0v) is 8.18. The van der Waals surface area contributed by atoms with Gasteiger partial charge in [-0.3, -0.25) is 0 Å². The normalized spacial score (nSPS) is 12.9. The van der Waals surface area contributed by atoms with Crippen LogP contribution in [0.15, 0.2) is 18.2 Å². The maximum atomic E-state index is 12.6. The van der Waals surface area contributed by atoms with E-state index in [-0.39, 0.29) is 5.82 Å². The lowest BCUT2D eigenvalue weighted by atomic mass is 10.1. The van der Waals surface area contributed by atoms with Crippen LogP contribution in [0.25, 0.3) is 0 Å². The molecule has 0 spiro atoms. The van der Waals surface area contributed by atoms with Gasteiger partial charge in [-0.1, -0.05) is 24.6 Å². The summed E-state index contributed by atoms with van der Waals surface area (Å²) in [7, 11) is 0. The van der Waals surface area contributed by atoms with E-state index in [4.69, 9.17) is 11.6 Å². The fourth-order valence-electron chi connectivity index (χ4n) is 1.09. The summed E-state index contributed by atoms with van der Waals surface area (Å²) in [6.07, 6.45) is 0.756. The van der Waals surface area contributed by atoms with E-state index in [0.717, 1.165) is 5.56 Å². The Hall–Kier alpha value is -0.600. The van der Waals surface area contributed by atoms with Gasteiger partial charge in [0.15, 0.2) is 0 Å². The summed E-state index contributed by atoms with van der Waals surface area (Å²) >= 11 is 5.78. The first-order chi connectivity index (χ1) is 6.13. The standard InChI is InChI=1S/C10H12ClFO/c1-2-9(13)5-7-3-4-8(12)6-10(7)11/h3-4,6,9,13H,2,5H2,1H3/t9-/m1/s1. The number of aliphatic hydroxyl groups is 1. The number of hydrogen-bond donors (Lipinski definition) is 1. The molecule has 1 rings (SSSR count). The van der Waals surface area contributed by atoms with Gasteiger partial charge >= 0.3 is 0 Å². The first-order valence-electron chi connectivity index (χ1n) is 4.25. The van der Waals surface area contributed by atoms with Gasteiger partial charge < -0.3 is 5.11 Å². The molecule has 0 heterocycles. The summed E-state index contributed by atoms with van der Waals surface area (Å²) in [5.74, 6) is -0.347. The summed E-state index contributed by atoms with van der Waals surface area (Å²) in [5, 5.41) is 9.73. The Morgan fingerprint density at radius 2 is 2.23 bits per heavy atom. The van der Waals surface area contributed by atoms with Gasteiger partial charge in [0.2, 0.25) is 0 Å². The zero-order valence-electron chi connectivity index (χ0n) is 7.43. The molecule has 0 fully saturated rings. The van der Waals surface area contributed by atoms with Crippen LogP contribution in [-0.4, -0.2) is 11.2 Å². The molecule has 1 aromatic carbocycles. The van der Waals surface area contributed by atoms with Crippen LogP contribution in [0.1, 0.15) is 18.9 Å². The third kappa shape index (κ3) is 2.98. The second-order valence-electron chi connectivity index (χ2n) is 3.00. The summed E-state index contributed by atoms with van der Waals surface area (Å²) in [6.45, 7) is 1.89. The van der Waals surface area contributed by atoms with E-state index in [2.05, 4.69) is 0 Å². The second-order valence-corrected chi connectivity index (χ2v) is 3.41. The minimum atomic E-state index is -0.400. The van der Waals surface area contributed by atoms with Crippen molar-refractivity contribution in [2.45, 2.75) is 25.9 Å². The van der Waals surface area contributed by atoms with Gasteiger partial charge in [-0.05, 0) is 30.5 Å². The van der Waals surface area contributed by atoms with Crippen molar-refractivity contribution in [3.63, 3.8) is 0 Å². The molecule has 0 aliphatic heterocycles. The Labute approximate surface area is 82.2 Å². The Balaban J connectivity index is 2.77. The van der Waals surface area contributed by atoms with Crippen LogP contribution >= 0.6 is 11.6 Å². The molecule has 1 N–H and O–H groups in total. The van der Waals surface area contributed by atoms with Gasteiger partial charge in [-0.15, -0.1) is 0 Å². The zero-order chi connectivity index (χ0) is 9.84. The van der Waals surface area contributed by atoms with E-state index in [1.54, 1.807) is 6.07 Å². The minimum Gasteiger partial charge on any atom is -0.393 e. The van der Waals surface area contributed by atoms with Gasteiger partial charge in [0.1, 0.15) is 5.82 Å². The Kier molecular flexibility index (Phi) is 3.70. The van der Waals surface area contributed by atoms with Crippen molar-refractivity contribution in [3.8, 4) is 0 Å². The van der Waals surface area contributed by atoms with Crippen LogP contribution in [0.4, 0.5) is 4.39 Å². The summed E-state index contributed by atoms with van der Waals surface area (Å²) in [5.41, 5.74) is 0.789. The highest BCUT2D eigenvalue weighted by atomic mass is 35.5. The van der Waals surface area contributed by atoms with Crippen LogP contribution in [0, 0.1) is 5.82 Å². The molecule has 0 radical (unpaired) electrons. The molecule has 0 saturated carbocycles. The first-order valence-corrected chi connectivity index (χ1v) is 4.63. The maximum Gasteiger partial charge on any atom is 0.124 e.